The van der Waals surface area contributed by atoms with Crippen LogP contribution in [0.1, 0.15) is 117 Å². The SMILES string of the molecule is CC[C@H](C)[C@@H]1NC(=O)[C@H](CC(C)C)NC(=O)C(C)(C)NC(=O)CCSCc2cccc(c2)CSC[C@@H](C(=O)NCCCOCCOCCOCCCNC(=O)CCC(=O)N[C@@H](CCCCNC(=O)CN2CCN(CC(=O)O)CCN(CC(=O)O)CCN(CC(=O)O)CC2)C(N)=O)NC1=O. The van der Waals surface area contributed by atoms with Gasteiger partial charge in [-0.25, -0.2) is 0 Å². The summed E-state index contributed by atoms with van der Waals surface area (Å²) >= 11 is 3.08. The van der Waals surface area contributed by atoms with Crippen LogP contribution >= 0.6 is 23.5 Å². The first-order valence-electron chi connectivity index (χ1n) is 34.3. The molecule has 2 heterocycles. The normalized spacial score (nSPS) is 19.5. The number of primary amides is 1. The van der Waals surface area contributed by atoms with E-state index < -0.39 is 83.1 Å². The molecule has 0 saturated carbocycles. The van der Waals surface area contributed by atoms with E-state index in [1.165, 1.54) is 11.8 Å². The maximum Gasteiger partial charge on any atom is 0.317 e. The monoisotopic (exact) mass is 1440 g/mol. The van der Waals surface area contributed by atoms with Gasteiger partial charge in [0.1, 0.15) is 29.7 Å². The average molecular weight is 1440 g/mol. The van der Waals surface area contributed by atoms with Crippen LogP contribution in [0.15, 0.2) is 24.3 Å². The molecule has 13 N–H and O–H groups in total. The zero-order valence-electron chi connectivity index (χ0n) is 58.7. The quantitative estimate of drug-likeness (QED) is 0.0376. The van der Waals surface area contributed by atoms with Crippen LogP contribution in [0.4, 0.5) is 0 Å². The molecule has 2 aliphatic rings. The van der Waals surface area contributed by atoms with Crippen molar-refractivity contribution in [1.29, 1.82) is 0 Å². The molecule has 99 heavy (non-hydrogen) atoms. The number of fused-ring (bicyclic) bond motifs is 2. The molecule has 1 aromatic rings. The van der Waals surface area contributed by atoms with E-state index in [1.807, 2.05) is 45.9 Å². The molecule has 0 aliphatic carbocycles. The minimum atomic E-state index is -1.33. The van der Waals surface area contributed by atoms with Gasteiger partial charge in [0.05, 0.1) is 52.6 Å². The summed E-state index contributed by atoms with van der Waals surface area (Å²) < 4.78 is 17.0. The molecular formula is C66H111N13O18S2. The predicted octanol–water partition coefficient (Wildman–Crippen LogP) is -0.427. The maximum absolute atomic E-state index is 14.2. The Bertz CT molecular complexity index is 2690. The second-order valence-electron chi connectivity index (χ2n) is 25.7. The van der Waals surface area contributed by atoms with Crippen LogP contribution < -0.4 is 48.3 Å². The fraction of sp³-hybridized carbons (Fsp3) is 0.727. The number of nitrogens with zero attached hydrogens (tertiary/aromatic N) is 4. The number of carboxylic acids is 3. The zero-order valence-corrected chi connectivity index (χ0v) is 60.3. The molecule has 3 rings (SSSR count). The number of nitrogens with two attached hydrogens (primary N) is 1. The van der Waals surface area contributed by atoms with E-state index >= 15 is 0 Å². The largest absolute Gasteiger partial charge is 0.480 e. The molecule has 31 nitrogen and oxygen atoms in total. The summed E-state index contributed by atoms with van der Waals surface area (Å²) in [6.07, 6.45) is 2.70. The predicted molar refractivity (Wildman–Crippen MR) is 374 cm³/mol. The summed E-state index contributed by atoms with van der Waals surface area (Å²) in [5.74, 6) is -5.80. The summed E-state index contributed by atoms with van der Waals surface area (Å²) in [5.41, 5.74) is 6.35. The molecule has 560 valence electrons. The van der Waals surface area contributed by atoms with E-state index in [9.17, 15) is 72.9 Å². The number of unbranched alkanes of at least 4 members (excludes halogenated alkanes) is 1. The number of aliphatic carboxylic acids is 3. The highest BCUT2D eigenvalue weighted by atomic mass is 32.2. The fourth-order valence-electron chi connectivity index (χ4n) is 10.4. The molecule has 2 aliphatic heterocycles. The summed E-state index contributed by atoms with van der Waals surface area (Å²) in [6, 6.07) is 4.07. The lowest BCUT2D eigenvalue weighted by Gasteiger charge is -2.32. The molecule has 0 aromatic heterocycles. The van der Waals surface area contributed by atoms with Crippen LogP contribution in [0.25, 0.3) is 0 Å². The molecule has 1 aromatic carbocycles. The van der Waals surface area contributed by atoms with Gasteiger partial charge in [-0.05, 0) is 75.3 Å². The number of hydrogen-bond acceptors (Lipinski definition) is 21. The minimum Gasteiger partial charge on any atom is -0.480 e. The van der Waals surface area contributed by atoms with Crippen molar-refractivity contribution in [2.24, 2.45) is 17.6 Å². The number of amides is 9. The highest BCUT2D eigenvalue weighted by Gasteiger charge is 2.36. The number of rotatable bonds is 37. The molecule has 0 unspecified atom stereocenters. The van der Waals surface area contributed by atoms with E-state index in [2.05, 4.69) is 48.6 Å². The van der Waals surface area contributed by atoms with Gasteiger partial charge in [-0.1, -0.05) is 58.4 Å². The number of benzene rings is 1. The van der Waals surface area contributed by atoms with Gasteiger partial charge in [0.25, 0.3) is 0 Å². The number of thioether (sulfide) groups is 2. The smallest absolute Gasteiger partial charge is 0.317 e. The lowest BCUT2D eigenvalue weighted by Crippen LogP contribution is -2.62. The highest BCUT2D eigenvalue weighted by molar-refractivity contribution is 7.98. The standard InChI is InChI=1S/C66H111N13O18S2/c1-7-47(4)60-64(93)72-52(45-99-44-49-14-10-13-48(38-49)43-98-36-18-55(82)75-66(5,6)65(94)73-51(37-46(2)3)63(92)74-60)62(91)70-21-12-31-96-33-35-97-34-32-95-30-11-20-68-53(80)16-17-54(81)71-50(61(67)90)15-8-9-19-69-56(83)39-76-22-24-77(40-57(84)85)26-28-79(42-59(88)89)29-27-78(25-23-76)41-58(86)87/h10,13-14,38,46-47,50-52,60H,7-9,11-12,15-37,39-45H2,1-6H3,(H2,67,90)(H,68,80)(H,69,83)(H,70,91)(H,71,81)(H,72,93)(H,73,94)(H,74,92)(H,75,82)(H,84,85)(H,86,87)(H,88,89)/t47-,50-,51-,52-,60-/m0/s1. The second kappa shape index (κ2) is 49.0. The van der Waals surface area contributed by atoms with Crippen LogP contribution in [0, 0.1) is 11.8 Å². The van der Waals surface area contributed by atoms with Crippen molar-refractivity contribution in [1.82, 2.24) is 62.1 Å². The number of ether oxygens (including phenoxy) is 3. The number of carbonyl (C=O) groups is 12. The third kappa shape index (κ3) is 39.2. The Balaban J connectivity index is 1.33. The van der Waals surface area contributed by atoms with E-state index in [0.29, 0.717) is 95.5 Å². The van der Waals surface area contributed by atoms with Crippen molar-refractivity contribution in [3.63, 3.8) is 0 Å². The van der Waals surface area contributed by atoms with Gasteiger partial charge in [0.2, 0.25) is 53.2 Å². The summed E-state index contributed by atoms with van der Waals surface area (Å²) in [4.78, 5) is 160. The summed E-state index contributed by atoms with van der Waals surface area (Å²) in [6.45, 7) is 14.5. The molecule has 0 radical (unpaired) electrons. The lowest BCUT2D eigenvalue weighted by atomic mass is 9.96. The highest BCUT2D eigenvalue weighted by Crippen LogP contribution is 2.20. The molecular weight excluding hydrogens is 1330 g/mol. The second-order valence-corrected chi connectivity index (χ2v) is 27.9. The van der Waals surface area contributed by atoms with Crippen molar-refractivity contribution in [3.05, 3.63) is 35.4 Å². The Hall–Kier alpha value is -6.72. The van der Waals surface area contributed by atoms with Gasteiger partial charge in [0.15, 0.2) is 0 Å². The van der Waals surface area contributed by atoms with Gasteiger partial charge in [-0.15, -0.1) is 0 Å². The van der Waals surface area contributed by atoms with Crippen LogP contribution in [-0.2, 0) is 83.3 Å². The first kappa shape index (κ1) is 86.5. The Morgan fingerprint density at radius 2 is 1.12 bits per heavy atom. The van der Waals surface area contributed by atoms with E-state index in [4.69, 9.17) is 19.9 Å². The topological polar surface area (TPSA) is 428 Å². The van der Waals surface area contributed by atoms with Crippen molar-refractivity contribution < 1.29 is 87.1 Å². The molecule has 1 saturated heterocycles. The first-order chi connectivity index (χ1) is 47.1. The molecule has 1 fully saturated rings. The Labute approximate surface area is 590 Å². The van der Waals surface area contributed by atoms with Crippen molar-refractivity contribution >= 4 is 94.6 Å². The lowest BCUT2D eigenvalue weighted by molar-refractivity contribution is -0.140. The Morgan fingerprint density at radius 3 is 1.65 bits per heavy atom. The Morgan fingerprint density at radius 1 is 0.626 bits per heavy atom. The number of hydrogen-bond donors (Lipinski definition) is 12. The van der Waals surface area contributed by atoms with Gasteiger partial charge in [-0.3, -0.25) is 77.1 Å². The van der Waals surface area contributed by atoms with E-state index in [1.54, 1.807) is 45.2 Å². The van der Waals surface area contributed by atoms with Crippen molar-refractivity contribution in [2.75, 3.05) is 149 Å². The zero-order chi connectivity index (χ0) is 73.1. The summed E-state index contributed by atoms with van der Waals surface area (Å²) in [5, 5.41) is 50.9. The minimum absolute atomic E-state index is 0.00840. The molecule has 5 atom stereocenters. The van der Waals surface area contributed by atoms with Crippen LogP contribution in [0.5, 0.6) is 0 Å². The maximum atomic E-state index is 14.2. The summed E-state index contributed by atoms with van der Waals surface area (Å²) in [7, 11) is 0. The van der Waals surface area contributed by atoms with Gasteiger partial charge in [0, 0.05) is 127 Å². The van der Waals surface area contributed by atoms with Gasteiger partial charge < -0.3 is 77.8 Å². The number of carbonyl (C=O) groups excluding carboxylic acids is 9. The van der Waals surface area contributed by atoms with Gasteiger partial charge >= 0.3 is 17.9 Å². The van der Waals surface area contributed by atoms with Crippen molar-refractivity contribution in [2.45, 2.75) is 147 Å². The van der Waals surface area contributed by atoms with Gasteiger partial charge in [-0.2, -0.15) is 23.5 Å². The number of carboxylic acid groups (broad SMARTS) is 3. The third-order valence-electron chi connectivity index (χ3n) is 16.2. The molecule has 33 heteroatoms. The molecule has 9 amide bonds. The first-order valence-corrected chi connectivity index (χ1v) is 36.6. The average Bonchev–Trinajstić information content (AvgIpc) is 0.854. The van der Waals surface area contributed by atoms with Crippen molar-refractivity contribution in [3.8, 4) is 0 Å². The molecule has 2 bridgehead atoms. The Kier molecular flexibility index (Phi) is 42.8. The fourth-order valence-corrected chi connectivity index (χ4v) is 12.3. The van der Waals surface area contributed by atoms with Crippen LogP contribution in [0.3, 0.4) is 0 Å². The molecule has 0 spiro atoms. The van der Waals surface area contributed by atoms with E-state index in [-0.39, 0.29) is 159 Å². The van der Waals surface area contributed by atoms with Crippen LogP contribution in [0.2, 0.25) is 0 Å². The number of nitrogens with one attached hydrogen (secondary N) is 8. The third-order valence-corrected chi connectivity index (χ3v) is 18.4. The van der Waals surface area contributed by atoms with Crippen LogP contribution in [-0.4, -0.2) is 285 Å². The van der Waals surface area contributed by atoms with E-state index in [0.717, 1.165) is 11.1 Å².